The van der Waals surface area contributed by atoms with Gasteiger partial charge in [0.25, 0.3) is 0 Å². The van der Waals surface area contributed by atoms with Crippen LogP contribution in [-0.4, -0.2) is 21.2 Å². The summed E-state index contributed by atoms with van der Waals surface area (Å²) in [7, 11) is 1.72. The largest absolute Gasteiger partial charge is 0.497 e. The molecule has 51 heavy (non-hydrogen) atoms. The molecule has 0 atom stereocenters. The lowest BCUT2D eigenvalue weighted by molar-refractivity contribution is 0.415. The molecular weight excluding hydrogens is 623 g/mol. The molecule has 4 heteroatoms. The minimum atomic E-state index is 0.0528. The van der Waals surface area contributed by atoms with Gasteiger partial charge in [-0.25, -0.2) is 4.98 Å². The highest BCUT2D eigenvalue weighted by atomic mass is 16.5. The van der Waals surface area contributed by atoms with Gasteiger partial charge in [0.2, 0.25) is 0 Å². The van der Waals surface area contributed by atoms with Gasteiger partial charge in [0.15, 0.2) is 0 Å². The monoisotopic (exact) mass is 661 g/mol. The maximum absolute atomic E-state index is 5.69. The summed E-state index contributed by atoms with van der Waals surface area (Å²) in [5.74, 6) is 0.831. The number of aryl methyl sites for hydroxylation is 1. The Kier molecular flexibility index (Phi) is 7.11. The highest BCUT2D eigenvalue weighted by molar-refractivity contribution is 6.26. The van der Waals surface area contributed by atoms with Crippen molar-refractivity contribution in [1.29, 1.82) is 0 Å². The van der Waals surface area contributed by atoms with E-state index < -0.39 is 0 Å². The standard InChI is InChI=1S/C47H39N3O/c1-30-22-25-33(47(2,3)4)29-39(30)32-14-13-17-35(28-32)50-41-21-12-10-19-38(41)44-42(31-23-26-36(51-5)27-24-31)43-37-18-9-11-20-40(37)49(45(43)48-46(44)50)34-15-7-6-8-16-34/h6-29H,1-5H3. The van der Waals surface area contributed by atoms with Crippen LogP contribution < -0.4 is 4.74 Å². The summed E-state index contributed by atoms with van der Waals surface area (Å²) in [4.78, 5) is 5.69. The van der Waals surface area contributed by atoms with Crippen molar-refractivity contribution >= 4 is 43.9 Å². The van der Waals surface area contributed by atoms with Crippen LogP contribution in [0.2, 0.25) is 0 Å². The molecule has 0 saturated heterocycles. The molecule has 248 valence electrons. The van der Waals surface area contributed by atoms with Crippen molar-refractivity contribution in [2.45, 2.75) is 33.1 Å². The first-order valence-corrected chi connectivity index (χ1v) is 17.6. The zero-order valence-electron chi connectivity index (χ0n) is 29.6. The molecule has 0 unspecified atom stereocenters. The summed E-state index contributed by atoms with van der Waals surface area (Å²) < 4.78 is 10.3. The molecule has 6 aromatic carbocycles. The maximum atomic E-state index is 5.69. The van der Waals surface area contributed by atoms with Crippen LogP contribution in [0.5, 0.6) is 5.75 Å². The molecule has 4 nitrogen and oxygen atoms in total. The molecule has 0 radical (unpaired) electrons. The van der Waals surface area contributed by atoms with Gasteiger partial charge in [0, 0.05) is 38.5 Å². The Balaban J connectivity index is 1.43. The van der Waals surface area contributed by atoms with Crippen LogP contribution in [0.1, 0.15) is 31.9 Å². The molecule has 0 spiro atoms. The number of hydrogen-bond acceptors (Lipinski definition) is 2. The fraction of sp³-hybridized carbons (Fsp3) is 0.128. The lowest BCUT2D eigenvalue weighted by Gasteiger charge is -2.21. The van der Waals surface area contributed by atoms with Crippen molar-refractivity contribution < 1.29 is 4.74 Å². The minimum absolute atomic E-state index is 0.0528. The molecular formula is C47H39N3O. The third-order valence-electron chi connectivity index (χ3n) is 10.3. The van der Waals surface area contributed by atoms with E-state index in [2.05, 4.69) is 182 Å². The first kappa shape index (κ1) is 30.9. The number of ether oxygens (including phenoxy) is 1. The van der Waals surface area contributed by atoms with E-state index in [0.29, 0.717) is 0 Å². The van der Waals surface area contributed by atoms with Gasteiger partial charge in [-0.1, -0.05) is 118 Å². The van der Waals surface area contributed by atoms with Crippen molar-refractivity contribution in [3.8, 4) is 39.4 Å². The van der Waals surface area contributed by atoms with Crippen LogP contribution in [0.3, 0.4) is 0 Å². The topological polar surface area (TPSA) is 32.0 Å². The van der Waals surface area contributed by atoms with E-state index in [-0.39, 0.29) is 5.41 Å². The van der Waals surface area contributed by atoms with Crippen LogP contribution in [0, 0.1) is 6.92 Å². The molecule has 0 saturated carbocycles. The number of nitrogens with zero attached hydrogens (tertiary/aromatic N) is 3. The van der Waals surface area contributed by atoms with Crippen molar-refractivity contribution in [2.75, 3.05) is 7.11 Å². The highest BCUT2D eigenvalue weighted by Crippen LogP contribution is 2.46. The van der Waals surface area contributed by atoms with Crippen molar-refractivity contribution in [2.24, 2.45) is 0 Å². The zero-order chi connectivity index (χ0) is 34.9. The molecule has 0 aliphatic heterocycles. The van der Waals surface area contributed by atoms with Gasteiger partial charge in [-0.2, -0.15) is 0 Å². The SMILES string of the molecule is COc1ccc(-c2c3c4ccccc4n(-c4ccccc4)c3nc3c2c2ccccc2n3-c2cccc(-c3cc(C(C)(C)C)ccc3C)c2)cc1. The second-order valence-corrected chi connectivity index (χ2v) is 14.5. The van der Waals surface area contributed by atoms with Crippen LogP contribution >= 0.6 is 0 Å². The van der Waals surface area contributed by atoms with E-state index in [0.717, 1.165) is 55.8 Å². The smallest absolute Gasteiger partial charge is 0.148 e. The molecule has 9 rings (SSSR count). The predicted octanol–water partition coefficient (Wildman–Crippen LogP) is 12.2. The lowest BCUT2D eigenvalue weighted by atomic mass is 9.84. The molecule has 0 fully saturated rings. The number of para-hydroxylation sites is 3. The zero-order valence-corrected chi connectivity index (χ0v) is 29.6. The van der Waals surface area contributed by atoms with Gasteiger partial charge in [0.1, 0.15) is 17.0 Å². The first-order chi connectivity index (χ1) is 24.8. The lowest BCUT2D eigenvalue weighted by Crippen LogP contribution is -2.11. The van der Waals surface area contributed by atoms with Crippen molar-refractivity contribution in [3.05, 3.63) is 157 Å². The summed E-state index contributed by atoms with van der Waals surface area (Å²) in [5, 5.41) is 4.61. The van der Waals surface area contributed by atoms with Gasteiger partial charge < -0.3 is 4.74 Å². The number of benzene rings is 6. The van der Waals surface area contributed by atoms with E-state index in [1.165, 1.54) is 38.6 Å². The van der Waals surface area contributed by atoms with Gasteiger partial charge in [0.05, 0.1) is 18.1 Å². The van der Waals surface area contributed by atoms with Crippen molar-refractivity contribution in [1.82, 2.24) is 14.1 Å². The van der Waals surface area contributed by atoms with E-state index in [4.69, 9.17) is 9.72 Å². The van der Waals surface area contributed by atoms with Gasteiger partial charge in [-0.3, -0.25) is 9.13 Å². The third-order valence-corrected chi connectivity index (χ3v) is 10.3. The van der Waals surface area contributed by atoms with Crippen LogP contribution in [-0.2, 0) is 5.41 Å². The van der Waals surface area contributed by atoms with Crippen molar-refractivity contribution in [3.63, 3.8) is 0 Å². The highest BCUT2D eigenvalue weighted by Gasteiger charge is 2.25. The normalized spacial score (nSPS) is 12.0. The molecule has 0 aliphatic rings. The fourth-order valence-corrected chi connectivity index (χ4v) is 7.74. The van der Waals surface area contributed by atoms with E-state index >= 15 is 0 Å². The molecule has 0 N–H and O–H groups in total. The number of hydrogen-bond donors (Lipinski definition) is 0. The number of fused-ring (bicyclic) bond motifs is 6. The van der Waals surface area contributed by atoms with Gasteiger partial charge in [-0.15, -0.1) is 0 Å². The average Bonchev–Trinajstić information content (AvgIpc) is 3.67. The Morgan fingerprint density at radius 3 is 1.76 bits per heavy atom. The number of aromatic nitrogens is 3. The Morgan fingerprint density at radius 1 is 0.549 bits per heavy atom. The quantitative estimate of drug-likeness (QED) is 0.184. The third kappa shape index (κ3) is 4.93. The average molecular weight is 662 g/mol. The van der Waals surface area contributed by atoms with Crippen LogP contribution in [0.15, 0.2) is 146 Å². The van der Waals surface area contributed by atoms with E-state index in [1.54, 1.807) is 7.11 Å². The minimum Gasteiger partial charge on any atom is -0.497 e. The summed E-state index contributed by atoms with van der Waals surface area (Å²) in [6.07, 6.45) is 0. The Morgan fingerprint density at radius 2 is 1.14 bits per heavy atom. The summed E-state index contributed by atoms with van der Waals surface area (Å²) in [6.45, 7) is 9.03. The van der Waals surface area contributed by atoms with Gasteiger partial charge in [-0.05, 0) is 88.7 Å². The Bertz CT molecular complexity index is 2760. The molecule has 3 aromatic heterocycles. The van der Waals surface area contributed by atoms with Crippen LogP contribution in [0.25, 0.3) is 77.5 Å². The molecule has 9 aromatic rings. The summed E-state index contributed by atoms with van der Waals surface area (Å²) >= 11 is 0. The maximum Gasteiger partial charge on any atom is 0.148 e. The number of pyridine rings is 1. The van der Waals surface area contributed by atoms with Gasteiger partial charge >= 0.3 is 0 Å². The second-order valence-electron chi connectivity index (χ2n) is 14.5. The summed E-state index contributed by atoms with van der Waals surface area (Å²) in [5.41, 5.74) is 13.6. The fourth-order valence-electron chi connectivity index (χ4n) is 7.74. The van der Waals surface area contributed by atoms with E-state index in [9.17, 15) is 0 Å². The Labute approximate surface area is 298 Å². The second kappa shape index (κ2) is 11.7. The summed E-state index contributed by atoms with van der Waals surface area (Å²) in [6, 6.07) is 52.3. The molecule has 0 aliphatic carbocycles. The Hall–Kier alpha value is -6.13. The molecule has 3 heterocycles. The first-order valence-electron chi connectivity index (χ1n) is 17.6. The number of methoxy groups -OCH3 is 1. The van der Waals surface area contributed by atoms with E-state index in [1.807, 2.05) is 0 Å². The molecule has 0 bridgehead atoms. The molecule has 0 amide bonds. The predicted molar refractivity (Wildman–Crippen MR) is 214 cm³/mol. The van der Waals surface area contributed by atoms with Crippen LogP contribution in [0.4, 0.5) is 0 Å². The number of rotatable bonds is 5.